The summed E-state index contributed by atoms with van der Waals surface area (Å²) in [5.74, 6) is -0.727. The normalized spacial score (nSPS) is 12.5. The van der Waals surface area contributed by atoms with Gasteiger partial charge < -0.3 is 15.6 Å². The van der Waals surface area contributed by atoms with Gasteiger partial charge in [-0.1, -0.05) is 26.0 Å². The molecule has 0 fully saturated rings. The summed E-state index contributed by atoms with van der Waals surface area (Å²) in [6, 6.07) is 5.62. The number of aliphatic carboxylic acids is 1. The lowest BCUT2D eigenvalue weighted by atomic mass is 9.93. The highest BCUT2D eigenvalue weighted by Gasteiger charge is 2.22. The Morgan fingerprint density at radius 3 is 2.53 bits per heavy atom. The molecular formula is C13H19NO3. The van der Waals surface area contributed by atoms with E-state index in [1.807, 2.05) is 12.1 Å². The molecule has 0 aromatic heterocycles. The van der Waals surface area contributed by atoms with Gasteiger partial charge in [-0.2, -0.15) is 0 Å². The number of benzene rings is 1. The topological polar surface area (TPSA) is 72.5 Å². The van der Waals surface area contributed by atoms with Crippen molar-refractivity contribution in [3.8, 4) is 5.75 Å². The van der Waals surface area contributed by atoms with Crippen LogP contribution in [0.4, 0.5) is 0 Å². The van der Waals surface area contributed by atoms with Crippen molar-refractivity contribution in [1.82, 2.24) is 0 Å². The van der Waals surface area contributed by atoms with Crippen molar-refractivity contribution in [3.05, 3.63) is 29.3 Å². The van der Waals surface area contributed by atoms with E-state index in [0.717, 1.165) is 5.56 Å². The van der Waals surface area contributed by atoms with Crippen LogP contribution in [-0.4, -0.2) is 24.7 Å². The second kappa shape index (κ2) is 5.68. The van der Waals surface area contributed by atoms with Gasteiger partial charge in [0.1, 0.15) is 5.75 Å². The Kier molecular flexibility index (Phi) is 4.52. The van der Waals surface area contributed by atoms with Crippen LogP contribution in [0.3, 0.4) is 0 Å². The average Bonchev–Trinajstić information content (AvgIpc) is 2.29. The average molecular weight is 237 g/mol. The van der Waals surface area contributed by atoms with E-state index >= 15 is 0 Å². The third-order valence-corrected chi connectivity index (χ3v) is 2.83. The quantitative estimate of drug-likeness (QED) is 0.821. The van der Waals surface area contributed by atoms with Crippen LogP contribution in [-0.2, 0) is 4.79 Å². The lowest BCUT2D eigenvalue weighted by Gasteiger charge is -2.17. The highest BCUT2D eigenvalue weighted by atomic mass is 16.5. The molecule has 0 saturated carbocycles. The smallest absolute Gasteiger partial charge is 0.312 e. The first kappa shape index (κ1) is 13.5. The number of carboxylic acid groups (broad SMARTS) is 1. The van der Waals surface area contributed by atoms with Gasteiger partial charge in [-0.05, 0) is 17.5 Å². The zero-order chi connectivity index (χ0) is 13.0. The Labute approximate surface area is 101 Å². The highest BCUT2D eigenvalue weighted by molar-refractivity contribution is 5.77. The van der Waals surface area contributed by atoms with Crippen LogP contribution in [0.25, 0.3) is 0 Å². The number of hydrogen-bond donors (Lipinski definition) is 2. The lowest BCUT2D eigenvalue weighted by molar-refractivity contribution is -0.138. The molecule has 4 heteroatoms. The van der Waals surface area contributed by atoms with Crippen LogP contribution in [0.5, 0.6) is 5.75 Å². The second-order valence-corrected chi connectivity index (χ2v) is 4.28. The molecule has 0 radical (unpaired) electrons. The lowest BCUT2D eigenvalue weighted by Crippen LogP contribution is -2.22. The molecule has 0 bridgehead atoms. The van der Waals surface area contributed by atoms with Crippen LogP contribution < -0.4 is 10.5 Å². The molecule has 0 spiro atoms. The van der Waals surface area contributed by atoms with E-state index in [9.17, 15) is 4.79 Å². The molecule has 94 valence electrons. The zero-order valence-electron chi connectivity index (χ0n) is 10.4. The fourth-order valence-electron chi connectivity index (χ4n) is 1.75. The minimum Gasteiger partial charge on any atom is -0.496 e. The Bertz CT molecular complexity index is 402. The summed E-state index contributed by atoms with van der Waals surface area (Å²) in [6.07, 6.45) is 0. The number of carboxylic acids is 1. The number of rotatable bonds is 5. The molecule has 17 heavy (non-hydrogen) atoms. The van der Waals surface area contributed by atoms with E-state index in [-0.39, 0.29) is 6.54 Å². The van der Waals surface area contributed by atoms with Crippen molar-refractivity contribution < 1.29 is 14.6 Å². The molecule has 1 aromatic carbocycles. The first-order valence-electron chi connectivity index (χ1n) is 5.62. The molecule has 0 aliphatic carbocycles. The Morgan fingerprint density at radius 1 is 1.47 bits per heavy atom. The van der Waals surface area contributed by atoms with E-state index in [2.05, 4.69) is 13.8 Å². The molecule has 1 aromatic rings. The van der Waals surface area contributed by atoms with Crippen molar-refractivity contribution >= 4 is 5.97 Å². The van der Waals surface area contributed by atoms with E-state index in [1.165, 1.54) is 7.11 Å². The Balaban J connectivity index is 3.26. The molecular weight excluding hydrogens is 218 g/mol. The van der Waals surface area contributed by atoms with E-state index < -0.39 is 11.9 Å². The van der Waals surface area contributed by atoms with Gasteiger partial charge in [0, 0.05) is 12.1 Å². The van der Waals surface area contributed by atoms with Crippen LogP contribution in [0.1, 0.15) is 36.8 Å². The number of nitrogens with two attached hydrogens (primary N) is 1. The van der Waals surface area contributed by atoms with E-state index in [4.69, 9.17) is 15.6 Å². The second-order valence-electron chi connectivity index (χ2n) is 4.28. The summed E-state index contributed by atoms with van der Waals surface area (Å²) >= 11 is 0. The van der Waals surface area contributed by atoms with Gasteiger partial charge in [0.25, 0.3) is 0 Å². The largest absolute Gasteiger partial charge is 0.496 e. The Morgan fingerprint density at radius 2 is 2.12 bits per heavy atom. The molecule has 0 saturated heterocycles. The summed E-state index contributed by atoms with van der Waals surface area (Å²) < 4.78 is 5.19. The maximum absolute atomic E-state index is 11.1. The molecule has 0 heterocycles. The van der Waals surface area contributed by atoms with Crippen LogP contribution in [0, 0.1) is 0 Å². The summed E-state index contributed by atoms with van der Waals surface area (Å²) in [7, 11) is 1.53. The minimum atomic E-state index is -0.924. The Hall–Kier alpha value is -1.55. The van der Waals surface area contributed by atoms with Crippen molar-refractivity contribution in [1.29, 1.82) is 0 Å². The molecule has 0 amide bonds. The van der Waals surface area contributed by atoms with Crippen LogP contribution >= 0.6 is 0 Å². The number of carbonyl (C=O) groups is 1. The zero-order valence-corrected chi connectivity index (χ0v) is 10.4. The minimum absolute atomic E-state index is 0.0627. The third-order valence-electron chi connectivity index (χ3n) is 2.83. The van der Waals surface area contributed by atoms with Gasteiger partial charge in [-0.3, -0.25) is 4.79 Å². The summed E-state index contributed by atoms with van der Waals surface area (Å²) in [5, 5.41) is 9.14. The fourth-order valence-corrected chi connectivity index (χ4v) is 1.75. The molecule has 1 atom stereocenters. The fraction of sp³-hybridized carbons (Fsp3) is 0.462. The molecule has 0 aliphatic heterocycles. The van der Waals surface area contributed by atoms with Crippen LogP contribution in [0.15, 0.2) is 18.2 Å². The molecule has 1 rings (SSSR count). The first-order valence-corrected chi connectivity index (χ1v) is 5.62. The molecule has 4 nitrogen and oxygen atoms in total. The molecule has 1 unspecified atom stereocenters. The van der Waals surface area contributed by atoms with Crippen molar-refractivity contribution in [2.75, 3.05) is 13.7 Å². The summed E-state index contributed by atoms with van der Waals surface area (Å²) in [5.41, 5.74) is 7.25. The van der Waals surface area contributed by atoms with Crippen molar-refractivity contribution in [2.24, 2.45) is 5.73 Å². The number of methoxy groups -OCH3 is 1. The standard InChI is InChI=1S/C13H19NO3/c1-8(2)9-4-5-12(17-3)10(6-9)11(7-14)13(15)16/h4-6,8,11H,7,14H2,1-3H3,(H,15,16). The summed E-state index contributed by atoms with van der Waals surface area (Å²) in [4.78, 5) is 11.1. The van der Waals surface area contributed by atoms with E-state index in [1.54, 1.807) is 6.07 Å². The van der Waals surface area contributed by atoms with Crippen LogP contribution in [0.2, 0.25) is 0 Å². The van der Waals surface area contributed by atoms with Gasteiger partial charge in [-0.25, -0.2) is 0 Å². The van der Waals surface area contributed by atoms with Crippen molar-refractivity contribution in [3.63, 3.8) is 0 Å². The van der Waals surface area contributed by atoms with Gasteiger partial charge >= 0.3 is 5.97 Å². The number of hydrogen-bond acceptors (Lipinski definition) is 3. The van der Waals surface area contributed by atoms with Gasteiger partial charge in [-0.15, -0.1) is 0 Å². The maximum atomic E-state index is 11.1. The SMILES string of the molecule is COc1ccc(C(C)C)cc1C(CN)C(=O)O. The van der Waals surface area contributed by atoms with Gasteiger partial charge in [0.05, 0.1) is 13.0 Å². The predicted octanol–water partition coefficient (Wildman–Crippen LogP) is 1.95. The molecule has 3 N–H and O–H groups in total. The first-order chi connectivity index (χ1) is 8.01. The number of ether oxygens (including phenoxy) is 1. The monoisotopic (exact) mass is 237 g/mol. The maximum Gasteiger partial charge on any atom is 0.312 e. The predicted molar refractivity (Wildman–Crippen MR) is 66.5 cm³/mol. The van der Waals surface area contributed by atoms with Crippen molar-refractivity contribution in [2.45, 2.75) is 25.7 Å². The van der Waals surface area contributed by atoms with E-state index in [0.29, 0.717) is 17.2 Å². The molecule has 0 aliphatic rings. The van der Waals surface area contributed by atoms with Gasteiger partial charge in [0.15, 0.2) is 0 Å². The van der Waals surface area contributed by atoms with Gasteiger partial charge in [0.2, 0.25) is 0 Å². The third kappa shape index (κ3) is 2.97. The summed E-state index contributed by atoms with van der Waals surface area (Å²) in [6.45, 7) is 4.18. The highest BCUT2D eigenvalue weighted by Crippen LogP contribution is 2.30.